The first-order valence-corrected chi connectivity index (χ1v) is 10.5. The fourth-order valence-electron chi connectivity index (χ4n) is 3.38. The molecule has 0 saturated carbocycles. The average molecular weight is 367 g/mol. The molecule has 0 fully saturated rings. The zero-order valence-electron chi connectivity index (χ0n) is 18.5. The molecule has 0 aromatic heterocycles. The van der Waals surface area contributed by atoms with Gasteiger partial charge in [0.1, 0.15) is 0 Å². The Kier molecular flexibility index (Phi) is 7.68. The predicted octanol–water partition coefficient (Wildman–Crippen LogP) is 7.69. The maximum absolute atomic E-state index is 6.95. The van der Waals surface area contributed by atoms with E-state index in [1.54, 1.807) is 0 Å². The van der Waals surface area contributed by atoms with Crippen molar-refractivity contribution < 1.29 is 4.74 Å². The van der Waals surface area contributed by atoms with Gasteiger partial charge in [0, 0.05) is 0 Å². The highest BCUT2D eigenvalue weighted by Gasteiger charge is 2.30. The molecule has 4 unspecified atom stereocenters. The molecule has 0 saturated heterocycles. The molecule has 27 heavy (non-hydrogen) atoms. The van der Waals surface area contributed by atoms with E-state index in [1.807, 2.05) is 0 Å². The summed E-state index contributed by atoms with van der Waals surface area (Å²) in [5.41, 5.74) is 5.16. The summed E-state index contributed by atoms with van der Waals surface area (Å²) in [5.74, 6) is 2.01. The molecular weight excluding hydrogens is 328 g/mol. The van der Waals surface area contributed by atoms with Crippen molar-refractivity contribution in [2.75, 3.05) is 0 Å². The van der Waals surface area contributed by atoms with Crippen LogP contribution in [0.1, 0.15) is 76.0 Å². The Morgan fingerprint density at radius 1 is 0.519 bits per heavy atom. The second-order valence-corrected chi connectivity index (χ2v) is 9.00. The van der Waals surface area contributed by atoms with Gasteiger partial charge in [0.05, 0.1) is 12.2 Å². The van der Waals surface area contributed by atoms with Gasteiger partial charge in [0.2, 0.25) is 0 Å². The summed E-state index contributed by atoms with van der Waals surface area (Å²) in [7, 11) is 0. The van der Waals surface area contributed by atoms with Crippen molar-refractivity contribution in [3.63, 3.8) is 0 Å². The minimum Gasteiger partial charge on any atom is -0.365 e. The fourth-order valence-corrected chi connectivity index (χ4v) is 3.38. The van der Waals surface area contributed by atoms with Gasteiger partial charge in [-0.2, -0.15) is 0 Å². The van der Waals surface area contributed by atoms with Gasteiger partial charge < -0.3 is 4.74 Å². The second-order valence-electron chi connectivity index (χ2n) is 9.00. The largest absolute Gasteiger partial charge is 0.365 e. The van der Waals surface area contributed by atoms with Crippen molar-refractivity contribution in [3.05, 3.63) is 70.8 Å². The molecule has 2 aromatic rings. The Bertz CT molecular complexity index is 620. The summed E-state index contributed by atoms with van der Waals surface area (Å²) >= 11 is 0. The molecule has 0 aliphatic carbocycles. The van der Waals surface area contributed by atoms with E-state index in [1.165, 1.54) is 22.3 Å². The topological polar surface area (TPSA) is 9.23 Å². The maximum Gasteiger partial charge on any atom is 0.0861 e. The van der Waals surface area contributed by atoms with Crippen molar-refractivity contribution in [1.82, 2.24) is 0 Å². The number of hydrogen-bond acceptors (Lipinski definition) is 1. The first-order valence-electron chi connectivity index (χ1n) is 10.5. The fraction of sp³-hybridized carbons (Fsp3) is 0.538. The SMILES string of the molecule is Cc1ccc(C(OC(c2ccc(C)cc2)C(C)C(C)C)C(C)C(C)C)cc1. The number of aryl methyl sites for hydroxylation is 2. The van der Waals surface area contributed by atoms with Gasteiger partial charge in [-0.05, 0) is 48.6 Å². The Labute approximate surface area is 167 Å². The van der Waals surface area contributed by atoms with Gasteiger partial charge in [0.15, 0.2) is 0 Å². The number of hydrogen-bond donors (Lipinski definition) is 0. The Hall–Kier alpha value is -1.60. The molecule has 2 aromatic carbocycles. The zero-order chi connectivity index (χ0) is 20.1. The zero-order valence-corrected chi connectivity index (χ0v) is 18.5. The van der Waals surface area contributed by atoms with Gasteiger partial charge in [-0.15, -0.1) is 0 Å². The van der Waals surface area contributed by atoms with E-state index < -0.39 is 0 Å². The van der Waals surface area contributed by atoms with Crippen molar-refractivity contribution >= 4 is 0 Å². The predicted molar refractivity (Wildman–Crippen MR) is 117 cm³/mol. The third kappa shape index (κ3) is 5.69. The van der Waals surface area contributed by atoms with Crippen LogP contribution in [0.15, 0.2) is 48.5 Å². The van der Waals surface area contributed by atoms with Crippen LogP contribution in [0, 0.1) is 37.5 Å². The van der Waals surface area contributed by atoms with Crippen LogP contribution < -0.4 is 0 Å². The van der Waals surface area contributed by atoms with Crippen molar-refractivity contribution in [1.29, 1.82) is 0 Å². The lowest BCUT2D eigenvalue weighted by atomic mass is 9.85. The van der Waals surface area contributed by atoms with Crippen LogP contribution in [-0.2, 0) is 4.74 Å². The van der Waals surface area contributed by atoms with E-state index in [9.17, 15) is 0 Å². The second kappa shape index (κ2) is 9.55. The lowest BCUT2D eigenvalue weighted by Crippen LogP contribution is -2.25. The van der Waals surface area contributed by atoms with E-state index >= 15 is 0 Å². The van der Waals surface area contributed by atoms with Gasteiger partial charge in [0.25, 0.3) is 0 Å². The van der Waals surface area contributed by atoms with Crippen LogP contribution in [0.2, 0.25) is 0 Å². The molecule has 4 atom stereocenters. The van der Waals surface area contributed by atoms with Gasteiger partial charge >= 0.3 is 0 Å². The van der Waals surface area contributed by atoms with Crippen molar-refractivity contribution in [2.24, 2.45) is 23.7 Å². The standard InChI is InChI=1S/C26H38O/c1-17(2)21(7)25(23-13-9-19(5)10-14-23)27-26(22(8)18(3)4)24-15-11-20(6)12-16-24/h9-18,21-22,25-26H,1-8H3. The molecule has 0 bridgehead atoms. The smallest absolute Gasteiger partial charge is 0.0861 e. The molecule has 2 rings (SSSR count). The number of rotatable bonds is 8. The van der Waals surface area contributed by atoms with Crippen LogP contribution in [0.5, 0.6) is 0 Å². The highest BCUT2D eigenvalue weighted by atomic mass is 16.5. The summed E-state index contributed by atoms with van der Waals surface area (Å²) in [5, 5.41) is 0. The molecule has 0 aliphatic heterocycles. The highest BCUT2D eigenvalue weighted by Crippen LogP contribution is 2.40. The summed E-state index contributed by atoms with van der Waals surface area (Å²) in [6, 6.07) is 17.8. The highest BCUT2D eigenvalue weighted by molar-refractivity contribution is 5.26. The molecule has 148 valence electrons. The van der Waals surface area contributed by atoms with Crippen molar-refractivity contribution in [3.8, 4) is 0 Å². The molecule has 0 N–H and O–H groups in total. The van der Waals surface area contributed by atoms with Gasteiger partial charge in [-0.1, -0.05) is 101 Å². The lowest BCUT2D eigenvalue weighted by molar-refractivity contribution is -0.0835. The average Bonchev–Trinajstić information content (AvgIpc) is 2.63. The molecule has 1 nitrogen and oxygen atoms in total. The lowest BCUT2D eigenvalue weighted by Gasteiger charge is -2.35. The van der Waals surface area contributed by atoms with Crippen LogP contribution in [0.25, 0.3) is 0 Å². The Balaban J connectivity index is 2.41. The van der Waals surface area contributed by atoms with E-state index in [2.05, 4.69) is 104 Å². The molecule has 0 radical (unpaired) electrons. The minimum absolute atomic E-state index is 0.0955. The number of ether oxygens (including phenoxy) is 1. The Morgan fingerprint density at radius 3 is 1.07 bits per heavy atom. The summed E-state index contributed by atoms with van der Waals surface area (Å²) in [6.45, 7) is 18.1. The molecule has 0 amide bonds. The Morgan fingerprint density at radius 2 is 0.815 bits per heavy atom. The molecule has 1 heteroatoms. The van der Waals surface area contributed by atoms with E-state index in [0.717, 1.165) is 0 Å². The first kappa shape index (κ1) is 21.7. The molecule has 0 aliphatic rings. The van der Waals surface area contributed by atoms with E-state index in [-0.39, 0.29) is 12.2 Å². The summed E-state index contributed by atoms with van der Waals surface area (Å²) in [6.07, 6.45) is 0.191. The van der Waals surface area contributed by atoms with Gasteiger partial charge in [-0.3, -0.25) is 0 Å². The summed E-state index contributed by atoms with van der Waals surface area (Å²) < 4.78 is 6.95. The monoisotopic (exact) mass is 366 g/mol. The molecular formula is C26H38O. The molecule has 0 heterocycles. The van der Waals surface area contributed by atoms with Gasteiger partial charge in [-0.25, -0.2) is 0 Å². The minimum atomic E-state index is 0.0955. The quantitative estimate of drug-likeness (QED) is 0.465. The van der Waals surface area contributed by atoms with Crippen LogP contribution in [0.3, 0.4) is 0 Å². The third-order valence-electron chi connectivity index (χ3n) is 6.16. The van der Waals surface area contributed by atoms with Crippen LogP contribution in [0.4, 0.5) is 0 Å². The van der Waals surface area contributed by atoms with Crippen LogP contribution >= 0.6 is 0 Å². The normalized spacial score (nSPS) is 16.4. The maximum atomic E-state index is 6.95. The first-order chi connectivity index (χ1) is 12.7. The number of benzene rings is 2. The molecule has 0 spiro atoms. The van der Waals surface area contributed by atoms with Crippen molar-refractivity contribution in [2.45, 2.75) is 67.6 Å². The third-order valence-corrected chi connectivity index (χ3v) is 6.16. The van der Waals surface area contributed by atoms with E-state index in [4.69, 9.17) is 4.74 Å². The van der Waals surface area contributed by atoms with Crippen LogP contribution in [-0.4, -0.2) is 0 Å². The van der Waals surface area contributed by atoms with E-state index in [0.29, 0.717) is 23.7 Å². The summed E-state index contributed by atoms with van der Waals surface area (Å²) in [4.78, 5) is 0.